The van der Waals surface area contributed by atoms with Crippen LogP contribution in [0.2, 0.25) is 0 Å². The van der Waals surface area contributed by atoms with Crippen molar-refractivity contribution in [1.29, 1.82) is 0 Å². The highest BCUT2D eigenvalue weighted by Crippen LogP contribution is 2.45. The van der Waals surface area contributed by atoms with Gasteiger partial charge < -0.3 is 4.74 Å². The number of nitrogens with zero attached hydrogens (tertiary/aromatic N) is 1. The van der Waals surface area contributed by atoms with E-state index < -0.39 is 34.3 Å². The van der Waals surface area contributed by atoms with Crippen molar-refractivity contribution in [2.45, 2.75) is 63.2 Å². The van der Waals surface area contributed by atoms with Gasteiger partial charge in [-0.2, -0.15) is 12.7 Å². The Morgan fingerprint density at radius 1 is 1.19 bits per heavy atom. The van der Waals surface area contributed by atoms with E-state index >= 15 is 0 Å². The standard InChI is InChI=1S/C21H27F3N2O4S/c22-18-11-19(30-13-14-3-1-6-21(23,24)12-14)17(15-4-5-15)9-16(18)10-20(27)25-31(28,29)26-7-2-8-26/h9,11,14-15H,1-8,10,12-13H2,(H,25,27). The third-order valence-corrected chi connectivity index (χ3v) is 7.69. The van der Waals surface area contributed by atoms with Crippen LogP contribution >= 0.6 is 0 Å². The average molecular weight is 461 g/mol. The lowest BCUT2D eigenvalue weighted by Gasteiger charge is -2.29. The zero-order chi connectivity index (χ0) is 22.2. The van der Waals surface area contributed by atoms with Gasteiger partial charge in [-0.25, -0.2) is 17.9 Å². The van der Waals surface area contributed by atoms with E-state index in [1.165, 1.54) is 6.07 Å². The van der Waals surface area contributed by atoms with Crippen molar-refractivity contribution < 1.29 is 31.1 Å². The molecule has 1 aromatic carbocycles. The van der Waals surface area contributed by atoms with Gasteiger partial charge in [0.05, 0.1) is 13.0 Å². The Balaban J connectivity index is 1.43. The highest BCUT2D eigenvalue weighted by Gasteiger charge is 2.37. The van der Waals surface area contributed by atoms with Crippen molar-refractivity contribution in [1.82, 2.24) is 9.03 Å². The molecule has 3 fully saturated rings. The molecule has 172 valence electrons. The molecule has 1 atom stereocenters. The van der Waals surface area contributed by atoms with Crippen molar-refractivity contribution in [3.05, 3.63) is 29.1 Å². The lowest BCUT2D eigenvalue weighted by molar-refractivity contribution is -0.118. The average Bonchev–Trinajstić information content (AvgIpc) is 3.43. The summed E-state index contributed by atoms with van der Waals surface area (Å²) in [7, 11) is -3.88. The summed E-state index contributed by atoms with van der Waals surface area (Å²) in [6.07, 6.45) is 2.91. The molecule has 6 nitrogen and oxygen atoms in total. The van der Waals surface area contributed by atoms with Gasteiger partial charge in [0, 0.05) is 32.0 Å². The molecule has 1 aliphatic heterocycles. The second-order valence-electron chi connectivity index (χ2n) is 8.84. The Morgan fingerprint density at radius 2 is 1.94 bits per heavy atom. The molecule has 2 saturated carbocycles. The van der Waals surface area contributed by atoms with Gasteiger partial charge in [-0.3, -0.25) is 4.79 Å². The molecule has 0 radical (unpaired) electrons. The van der Waals surface area contributed by atoms with Crippen LogP contribution in [0.5, 0.6) is 5.75 Å². The molecule has 1 heterocycles. The number of rotatable bonds is 8. The van der Waals surface area contributed by atoms with Gasteiger partial charge in [0.1, 0.15) is 11.6 Å². The summed E-state index contributed by atoms with van der Waals surface area (Å²) in [5, 5.41) is 0. The first-order chi connectivity index (χ1) is 14.6. The van der Waals surface area contributed by atoms with Crippen LogP contribution < -0.4 is 9.46 Å². The van der Waals surface area contributed by atoms with Crippen molar-refractivity contribution in [2.24, 2.45) is 5.92 Å². The molecule has 1 aromatic rings. The van der Waals surface area contributed by atoms with Gasteiger partial charge in [0.25, 0.3) is 0 Å². The van der Waals surface area contributed by atoms with Crippen LogP contribution in [0.3, 0.4) is 0 Å². The van der Waals surface area contributed by atoms with Gasteiger partial charge >= 0.3 is 10.2 Å². The van der Waals surface area contributed by atoms with Crippen molar-refractivity contribution in [3.63, 3.8) is 0 Å². The van der Waals surface area contributed by atoms with Crippen LogP contribution in [0.25, 0.3) is 0 Å². The van der Waals surface area contributed by atoms with E-state index in [1.54, 1.807) is 6.07 Å². The van der Waals surface area contributed by atoms with Crippen LogP contribution in [0.15, 0.2) is 12.1 Å². The first kappa shape index (κ1) is 22.4. The summed E-state index contributed by atoms with van der Waals surface area (Å²) in [5.41, 5.74) is 0.840. The topological polar surface area (TPSA) is 75.7 Å². The number of carbonyl (C=O) groups excluding carboxylic acids is 1. The Bertz CT molecular complexity index is 946. The maximum atomic E-state index is 14.7. The highest BCUT2D eigenvalue weighted by molar-refractivity contribution is 7.87. The van der Waals surface area contributed by atoms with Gasteiger partial charge in [-0.15, -0.1) is 0 Å². The van der Waals surface area contributed by atoms with Gasteiger partial charge in [-0.05, 0) is 61.1 Å². The fraction of sp³-hybridized carbons (Fsp3) is 0.667. The third kappa shape index (κ3) is 5.52. The van der Waals surface area contributed by atoms with E-state index in [0.29, 0.717) is 31.7 Å². The smallest absolute Gasteiger partial charge is 0.303 e. The molecular formula is C21H27F3N2O4S. The molecule has 31 heavy (non-hydrogen) atoms. The Morgan fingerprint density at radius 3 is 2.55 bits per heavy atom. The second-order valence-corrected chi connectivity index (χ2v) is 10.5. The molecule has 3 aliphatic rings. The Labute approximate surface area is 180 Å². The van der Waals surface area contributed by atoms with E-state index in [-0.39, 0.29) is 36.8 Å². The summed E-state index contributed by atoms with van der Waals surface area (Å²) in [5.74, 6) is -3.93. The summed E-state index contributed by atoms with van der Waals surface area (Å²) >= 11 is 0. The molecule has 10 heteroatoms. The lowest BCUT2D eigenvalue weighted by Crippen LogP contribution is -2.50. The van der Waals surface area contributed by atoms with Crippen molar-refractivity contribution >= 4 is 16.1 Å². The summed E-state index contributed by atoms with van der Waals surface area (Å²) in [4.78, 5) is 12.2. The molecule has 0 spiro atoms. The number of halogens is 3. The second kappa shape index (κ2) is 8.61. The zero-order valence-electron chi connectivity index (χ0n) is 17.2. The van der Waals surface area contributed by atoms with Crippen LogP contribution in [0.1, 0.15) is 62.0 Å². The molecule has 0 bridgehead atoms. The normalized spacial score (nSPS) is 23.8. The molecule has 1 unspecified atom stereocenters. The van der Waals surface area contributed by atoms with E-state index in [2.05, 4.69) is 0 Å². The van der Waals surface area contributed by atoms with Crippen molar-refractivity contribution in [2.75, 3.05) is 19.7 Å². The molecule has 4 rings (SSSR count). The number of nitrogens with one attached hydrogen (secondary N) is 1. The number of amides is 1. The quantitative estimate of drug-likeness (QED) is 0.644. The minimum atomic E-state index is -3.88. The minimum absolute atomic E-state index is 0.0924. The fourth-order valence-electron chi connectivity index (χ4n) is 4.16. The molecule has 1 N–H and O–H groups in total. The van der Waals surface area contributed by atoms with Crippen molar-refractivity contribution in [3.8, 4) is 5.75 Å². The van der Waals surface area contributed by atoms with E-state index in [0.717, 1.165) is 29.1 Å². The number of benzene rings is 1. The van der Waals surface area contributed by atoms with E-state index in [4.69, 9.17) is 4.74 Å². The lowest BCUT2D eigenvalue weighted by atomic mass is 9.87. The zero-order valence-corrected chi connectivity index (χ0v) is 18.0. The van der Waals surface area contributed by atoms with Gasteiger partial charge in [0.15, 0.2) is 0 Å². The largest absolute Gasteiger partial charge is 0.493 e. The maximum Gasteiger partial charge on any atom is 0.303 e. The first-order valence-electron chi connectivity index (χ1n) is 10.8. The third-order valence-electron chi connectivity index (χ3n) is 6.16. The predicted octanol–water partition coefficient (Wildman–Crippen LogP) is 3.52. The molecule has 1 amide bonds. The highest BCUT2D eigenvalue weighted by atomic mass is 32.2. The number of hydrogen-bond acceptors (Lipinski definition) is 4. The van der Waals surface area contributed by atoms with Crippen LogP contribution in [-0.2, 0) is 21.4 Å². The van der Waals surface area contributed by atoms with Crippen LogP contribution in [0, 0.1) is 11.7 Å². The van der Waals surface area contributed by atoms with Crippen LogP contribution in [0.4, 0.5) is 13.2 Å². The SMILES string of the molecule is O=C(Cc1cc(C2CC2)c(OCC2CCCC(F)(F)C2)cc1F)NS(=O)(=O)N1CCC1. The number of alkyl halides is 2. The summed E-state index contributed by atoms with van der Waals surface area (Å²) in [6.45, 7) is 0.826. The maximum absolute atomic E-state index is 14.7. The van der Waals surface area contributed by atoms with Crippen LogP contribution in [-0.4, -0.2) is 44.2 Å². The Hall–Kier alpha value is -1.81. The first-order valence-corrected chi connectivity index (χ1v) is 12.2. The molecule has 0 aromatic heterocycles. The summed E-state index contributed by atoms with van der Waals surface area (Å²) < 4.78 is 74.9. The number of hydrogen-bond donors (Lipinski definition) is 1. The molecular weight excluding hydrogens is 433 g/mol. The predicted molar refractivity (Wildman–Crippen MR) is 108 cm³/mol. The molecule has 2 aliphatic carbocycles. The van der Waals surface area contributed by atoms with Gasteiger partial charge in [0.2, 0.25) is 11.8 Å². The molecule has 1 saturated heterocycles. The summed E-state index contributed by atoms with van der Waals surface area (Å²) in [6, 6.07) is 2.74. The minimum Gasteiger partial charge on any atom is -0.493 e. The van der Waals surface area contributed by atoms with Gasteiger partial charge in [-0.1, -0.05) is 0 Å². The monoisotopic (exact) mass is 460 g/mol. The number of carbonyl (C=O) groups is 1. The number of ether oxygens (including phenoxy) is 1. The van der Waals surface area contributed by atoms with E-state index in [1.807, 2.05) is 4.72 Å². The fourth-order valence-corrected chi connectivity index (χ4v) is 5.39. The Kier molecular flexibility index (Phi) is 6.22. The van der Waals surface area contributed by atoms with E-state index in [9.17, 15) is 26.4 Å².